The molecule has 19 heavy (non-hydrogen) atoms. The van der Waals surface area contributed by atoms with Gasteiger partial charge in [0.05, 0.1) is 16.3 Å². The van der Waals surface area contributed by atoms with E-state index in [0.717, 1.165) is 0 Å². The minimum Gasteiger partial charge on any atom is -0.397 e. The van der Waals surface area contributed by atoms with Gasteiger partial charge >= 0.3 is 0 Å². The summed E-state index contributed by atoms with van der Waals surface area (Å²) < 4.78 is 1.62. The number of amides is 1. The van der Waals surface area contributed by atoms with Crippen LogP contribution in [-0.2, 0) is 13.5 Å². The third-order valence-electron chi connectivity index (χ3n) is 2.58. The van der Waals surface area contributed by atoms with Crippen molar-refractivity contribution in [3.63, 3.8) is 0 Å². The number of benzene rings is 1. The molecule has 3 N–H and O–H groups in total. The van der Waals surface area contributed by atoms with Crippen LogP contribution in [0.5, 0.6) is 0 Å². The van der Waals surface area contributed by atoms with Crippen molar-refractivity contribution in [1.82, 2.24) is 20.1 Å². The van der Waals surface area contributed by atoms with E-state index in [4.69, 9.17) is 17.3 Å². The number of nitrogen functional groups attached to an aromatic ring is 1. The van der Waals surface area contributed by atoms with Crippen molar-refractivity contribution in [2.45, 2.75) is 6.42 Å². The molecule has 0 aliphatic heterocycles. The number of nitrogens with two attached hydrogens (primary N) is 1. The first kappa shape index (κ1) is 13.4. The summed E-state index contributed by atoms with van der Waals surface area (Å²) in [6.45, 7) is 0.439. The molecule has 0 saturated carbocycles. The lowest BCUT2D eigenvalue weighted by molar-refractivity contribution is 0.0955. The van der Waals surface area contributed by atoms with Gasteiger partial charge in [-0.2, -0.15) is 5.10 Å². The molecular formula is C12H14ClN5O. The van der Waals surface area contributed by atoms with Crippen molar-refractivity contribution in [3.8, 4) is 0 Å². The molecule has 0 radical (unpaired) electrons. The van der Waals surface area contributed by atoms with E-state index < -0.39 is 0 Å². The molecule has 0 aliphatic rings. The molecule has 0 aliphatic carbocycles. The highest BCUT2D eigenvalue weighted by molar-refractivity contribution is 6.33. The zero-order valence-corrected chi connectivity index (χ0v) is 11.2. The fraction of sp³-hybridized carbons (Fsp3) is 0.250. The molecule has 2 aromatic rings. The summed E-state index contributed by atoms with van der Waals surface area (Å²) >= 11 is 5.86. The van der Waals surface area contributed by atoms with Crippen molar-refractivity contribution in [2.24, 2.45) is 7.05 Å². The SMILES string of the molecule is Cn1cnc(CCNC(=O)c2cccc(Cl)c2N)n1. The summed E-state index contributed by atoms with van der Waals surface area (Å²) in [5, 5.41) is 7.25. The lowest BCUT2D eigenvalue weighted by Gasteiger charge is -2.07. The van der Waals surface area contributed by atoms with E-state index in [1.165, 1.54) is 0 Å². The maximum absolute atomic E-state index is 11.9. The number of anilines is 1. The van der Waals surface area contributed by atoms with E-state index >= 15 is 0 Å². The van der Waals surface area contributed by atoms with Crippen LogP contribution in [0.15, 0.2) is 24.5 Å². The molecule has 0 saturated heterocycles. The van der Waals surface area contributed by atoms with Crippen LogP contribution in [0.1, 0.15) is 16.2 Å². The van der Waals surface area contributed by atoms with Crippen LogP contribution in [0.3, 0.4) is 0 Å². The predicted molar refractivity (Wildman–Crippen MR) is 72.9 cm³/mol. The topological polar surface area (TPSA) is 85.8 Å². The fourth-order valence-electron chi connectivity index (χ4n) is 1.62. The van der Waals surface area contributed by atoms with Crippen LogP contribution in [0.4, 0.5) is 5.69 Å². The number of aromatic nitrogens is 3. The van der Waals surface area contributed by atoms with Crippen LogP contribution in [0.25, 0.3) is 0 Å². The number of para-hydroxylation sites is 1. The number of halogens is 1. The number of carbonyl (C=O) groups is 1. The largest absolute Gasteiger partial charge is 0.397 e. The Hall–Kier alpha value is -2.08. The first-order chi connectivity index (χ1) is 9.08. The van der Waals surface area contributed by atoms with Gasteiger partial charge in [-0.25, -0.2) is 4.98 Å². The molecular weight excluding hydrogens is 266 g/mol. The minimum absolute atomic E-state index is 0.254. The standard InChI is InChI=1S/C12H14ClN5O/c1-18-7-16-10(17-18)5-6-15-12(19)8-3-2-4-9(13)11(8)14/h2-4,7H,5-6,14H2,1H3,(H,15,19). The molecule has 1 heterocycles. The van der Waals surface area contributed by atoms with Gasteiger partial charge in [0, 0.05) is 20.0 Å². The van der Waals surface area contributed by atoms with E-state index in [2.05, 4.69) is 15.4 Å². The van der Waals surface area contributed by atoms with Crippen LogP contribution in [-0.4, -0.2) is 27.2 Å². The summed E-state index contributed by atoms with van der Waals surface area (Å²) in [7, 11) is 1.79. The number of rotatable bonds is 4. The Morgan fingerprint density at radius 3 is 3.00 bits per heavy atom. The number of aryl methyl sites for hydroxylation is 1. The molecule has 0 spiro atoms. The Morgan fingerprint density at radius 2 is 2.32 bits per heavy atom. The van der Waals surface area contributed by atoms with Crippen LogP contribution >= 0.6 is 11.6 Å². The van der Waals surface area contributed by atoms with Crippen LogP contribution < -0.4 is 11.1 Å². The third kappa shape index (κ3) is 3.23. The van der Waals surface area contributed by atoms with Crippen molar-refractivity contribution < 1.29 is 4.79 Å². The Balaban J connectivity index is 1.93. The van der Waals surface area contributed by atoms with Gasteiger partial charge in [-0.1, -0.05) is 17.7 Å². The van der Waals surface area contributed by atoms with E-state index in [9.17, 15) is 4.79 Å². The van der Waals surface area contributed by atoms with Gasteiger partial charge in [0.25, 0.3) is 5.91 Å². The summed E-state index contributed by atoms with van der Waals surface area (Å²) in [6, 6.07) is 4.97. The Morgan fingerprint density at radius 1 is 1.53 bits per heavy atom. The van der Waals surface area contributed by atoms with E-state index in [-0.39, 0.29) is 11.6 Å². The predicted octanol–water partition coefficient (Wildman–Crippen LogP) is 1.02. The quantitative estimate of drug-likeness (QED) is 0.818. The summed E-state index contributed by atoms with van der Waals surface area (Å²) in [6.07, 6.45) is 2.18. The van der Waals surface area contributed by atoms with E-state index in [1.807, 2.05) is 0 Å². The number of hydrogen-bond donors (Lipinski definition) is 2. The molecule has 6 nitrogen and oxygen atoms in total. The van der Waals surface area contributed by atoms with E-state index in [1.54, 1.807) is 36.3 Å². The fourth-order valence-corrected chi connectivity index (χ4v) is 1.79. The number of hydrogen-bond acceptors (Lipinski definition) is 4. The minimum atomic E-state index is -0.254. The van der Waals surface area contributed by atoms with Crippen molar-refractivity contribution in [1.29, 1.82) is 0 Å². The van der Waals surface area contributed by atoms with Crippen LogP contribution in [0.2, 0.25) is 5.02 Å². The highest BCUT2D eigenvalue weighted by Gasteiger charge is 2.11. The molecule has 7 heteroatoms. The second-order valence-corrected chi connectivity index (χ2v) is 4.45. The van der Waals surface area contributed by atoms with Crippen molar-refractivity contribution in [3.05, 3.63) is 40.9 Å². The lowest BCUT2D eigenvalue weighted by Crippen LogP contribution is -2.26. The van der Waals surface area contributed by atoms with Gasteiger partial charge in [-0.05, 0) is 12.1 Å². The third-order valence-corrected chi connectivity index (χ3v) is 2.91. The lowest BCUT2D eigenvalue weighted by atomic mass is 10.1. The molecule has 1 aromatic carbocycles. The molecule has 100 valence electrons. The first-order valence-electron chi connectivity index (χ1n) is 5.74. The second kappa shape index (κ2) is 5.71. The Kier molecular flexibility index (Phi) is 4.01. The zero-order chi connectivity index (χ0) is 13.8. The molecule has 0 bridgehead atoms. The van der Waals surface area contributed by atoms with Gasteiger partial charge in [0.2, 0.25) is 0 Å². The molecule has 1 aromatic heterocycles. The average Bonchev–Trinajstić information content (AvgIpc) is 2.78. The number of nitrogens with one attached hydrogen (secondary N) is 1. The van der Waals surface area contributed by atoms with Gasteiger partial charge in [-0.15, -0.1) is 0 Å². The normalized spacial score (nSPS) is 10.4. The van der Waals surface area contributed by atoms with E-state index in [0.29, 0.717) is 29.4 Å². The molecule has 0 fully saturated rings. The van der Waals surface area contributed by atoms with Gasteiger partial charge in [0.1, 0.15) is 6.33 Å². The molecule has 0 atom stereocenters. The summed E-state index contributed by atoms with van der Waals surface area (Å²) in [4.78, 5) is 16.0. The van der Waals surface area contributed by atoms with Crippen molar-refractivity contribution >= 4 is 23.2 Å². The van der Waals surface area contributed by atoms with Crippen LogP contribution in [0, 0.1) is 0 Å². The van der Waals surface area contributed by atoms with Gasteiger partial charge in [0.15, 0.2) is 5.82 Å². The van der Waals surface area contributed by atoms with Gasteiger partial charge < -0.3 is 11.1 Å². The first-order valence-corrected chi connectivity index (χ1v) is 6.12. The number of nitrogens with zero attached hydrogens (tertiary/aromatic N) is 3. The Bertz CT molecular complexity index is 596. The zero-order valence-electron chi connectivity index (χ0n) is 10.4. The molecule has 0 unspecified atom stereocenters. The van der Waals surface area contributed by atoms with Gasteiger partial charge in [-0.3, -0.25) is 9.48 Å². The molecule has 2 rings (SSSR count). The maximum atomic E-state index is 11.9. The second-order valence-electron chi connectivity index (χ2n) is 4.04. The smallest absolute Gasteiger partial charge is 0.253 e. The number of carbonyl (C=O) groups excluding carboxylic acids is 1. The average molecular weight is 280 g/mol. The monoisotopic (exact) mass is 279 g/mol. The molecule has 1 amide bonds. The highest BCUT2D eigenvalue weighted by Crippen LogP contribution is 2.22. The summed E-state index contributed by atoms with van der Waals surface area (Å²) in [5.74, 6) is 0.429. The Labute approximate surface area is 115 Å². The highest BCUT2D eigenvalue weighted by atomic mass is 35.5. The maximum Gasteiger partial charge on any atom is 0.253 e. The van der Waals surface area contributed by atoms with Crippen molar-refractivity contribution in [2.75, 3.05) is 12.3 Å². The summed E-state index contributed by atoms with van der Waals surface area (Å²) in [5.41, 5.74) is 6.41.